The molecular weight excluding hydrogens is 477 g/mol. The Morgan fingerprint density at radius 2 is 1.83 bits per heavy atom. The molecule has 12 heteroatoms. The number of fused-ring (bicyclic) bond motifs is 2. The molecule has 0 saturated carbocycles. The van der Waals surface area contributed by atoms with Crippen molar-refractivity contribution in [3.8, 4) is 5.75 Å². The van der Waals surface area contributed by atoms with E-state index in [1.807, 2.05) is 20.6 Å². The molecule has 3 aliphatic heterocycles. The summed E-state index contributed by atoms with van der Waals surface area (Å²) < 4.78 is 42.5. The summed E-state index contributed by atoms with van der Waals surface area (Å²) in [6.45, 7) is 3.93. The second kappa shape index (κ2) is 9.67. The van der Waals surface area contributed by atoms with Crippen LogP contribution in [0.1, 0.15) is 17.7 Å². The number of carbonyl (C=O) groups is 2. The van der Waals surface area contributed by atoms with Gasteiger partial charge in [0.15, 0.2) is 0 Å². The van der Waals surface area contributed by atoms with Crippen LogP contribution >= 0.6 is 0 Å². The van der Waals surface area contributed by atoms with Gasteiger partial charge in [-0.2, -0.15) is 0 Å². The summed E-state index contributed by atoms with van der Waals surface area (Å²) in [6.07, 6.45) is 2.73. The number of ether oxygens (including phenoxy) is 1. The normalized spacial score (nSPS) is 20.1. The molecule has 0 aliphatic carbocycles. The maximum absolute atomic E-state index is 13.1. The predicted octanol–water partition coefficient (Wildman–Crippen LogP) is 2.92. The number of nitrogens with zero attached hydrogens (tertiary/aromatic N) is 6. The van der Waals surface area contributed by atoms with E-state index in [4.69, 9.17) is 0 Å². The molecule has 36 heavy (non-hydrogen) atoms. The Bertz CT molecular complexity index is 1190. The zero-order chi connectivity index (χ0) is 25.3. The number of amides is 3. The third-order valence-corrected chi connectivity index (χ3v) is 6.68. The van der Waals surface area contributed by atoms with Crippen molar-refractivity contribution in [3.05, 3.63) is 59.4 Å². The Hall–Kier alpha value is -3.83. The van der Waals surface area contributed by atoms with Crippen LogP contribution in [-0.4, -0.2) is 80.7 Å². The fourth-order valence-electron chi connectivity index (χ4n) is 4.78. The molecule has 1 saturated heterocycles. The lowest BCUT2D eigenvalue weighted by molar-refractivity contribution is -0.274. The highest BCUT2D eigenvalue weighted by molar-refractivity contribution is 5.92. The van der Waals surface area contributed by atoms with Gasteiger partial charge >= 0.3 is 12.4 Å². The summed E-state index contributed by atoms with van der Waals surface area (Å²) in [6, 6.07) is 5.34. The molecule has 0 bridgehead atoms. The summed E-state index contributed by atoms with van der Waals surface area (Å²) in [4.78, 5) is 31.2. The number of urea groups is 1. The fraction of sp³-hybridized carbons (Fsp3) is 0.417. The third-order valence-electron chi connectivity index (χ3n) is 6.68. The maximum Gasteiger partial charge on any atom is 0.573 e. The van der Waals surface area contributed by atoms with Crippen molar-refractivity contribution in [2.45, 2.75) is 25.9 Å². The van der Waals surface area contributed by atoms with E-state index in [2.05, 4.69) is 15.0 Å². The lowest BCUT2D eigenvalue weighted by Crippen LogP contribution is -2.45. The van der Waals surface area contributed by atoms with Crippen LogP contribution in [0.3, 0.4) is 0 Å². The van der Waals surface area contributed by atoms with Gasteiger partial charge in [-0.25, -0.2) is 9.48 Å². The number of hydrogen-bond donors (Lipinski definition) is 0. The number of rotatable bonds is 3. The number of likely N-dealkylation sites (tertiary alicyclic amines) is 1. The molecular formula is C24H25F3N6O3. The molecule has 0 N–H and O–H groups in total. The van der Waals surface area contributed by atoms with Crippen LogP contribution < -0.4 is 4.74 Å². The van der Waals surface area contributed by atoms with Gasteiger partial charge in [-0.1, -0.05) is 23.4 Å². The van der Waals surface area contributed by atoms with Crippen LogP contribution in [-0.2, 0) is 17.9 Å². The van der Waals surface area contributed by atoms with E-state index in [9.17, 15) is 22.8 Å². The van der Waals surface area contributed by atoms with Gasteiger partial charge in [-0.05, 0) is 35.8 Å². The van der Waals surface area contributed by atoms with Crippen LogP contribution in [0, 0.1) is 5.92 Å². The van der Waals surface area contributed by atoms with E-state index in [0.29, 0.717) is 51.4 Å². The first-order valence-corrected chi connectivity index (χ1v) is 11.7. The largest absolute Gasteiger partial charge is 0.573 e. The number of hydrogen-bond acceptors (Lipinski definition) is 5. The SMILES string of the molecule is O=C(C=Cc1ccc(OC(F)(F)F)cc1)N1CC=C2CN(C(=O)N3CCn4nncc4C3)C[C@H]2CC1. The van der Waals surface area contributed by atoms with Gasteiger partial charge in [0.1, 0.15) is 5.75 Å². The Balaban J connectivity index is 1.15. The molecule has 1 fully saturated rings. The number of benzene rings is 1. The average Bonchev–Trinajstić information content (AvgIpc) is 3.44. The highest BCUT2D eigenvalue weighted by atomic mass is 19.4. The fourth-order valence-corrected chi connectivity index (χ4v) is 4.78. The minimum absolute atomic E-state index is 0.0129. The molecule has 4 heterocycles. The minimum Gasteiger partial charge on any atom is -0.406 e. The Morgan fingerprint density at radius 1 is 1.03 bits per heavy atom. The van der Waals surface area contributed by atoms with Crippen molar-refractivity contribution >= 4 is 18.0 Å². The number of carbonyl (C=O) groups excluding carboxylic acids is 2. The lowest BCUT2D eigenvalue weighted by atomic mass is 10.00. The van der Waals surface area contributed by atoms with Crippen molar-refractivity contribution in [1.82, 2.24) is 29.7 Å². The molecule has 1 aromatic heterocycles. The van der Waals surface area contributed by atoms with Crippen LogP contribution in [0.15, 0.2) is 48.2 Å². The lowest BCUT2D eigenvalue weighted by Gasteiger charge is -2.31. The number of aromatic nitrogens is 3. The van der Waals surface area contributed by atoms with E-state index in [-0.39, 0.29) is 23.6 Å². The predicted molar refractivity (Wildman–Crippen MR) is 122 cm³/mol. The monoisotopic (exact) mass is 502 g/mol. The van der Waals surface area contributed by atoms with E-state index in [0.717, 1.165) is 12.1 Å². The van der Waals surface area contributed by atoms with E-state index >= 15 is 0 Å². The van der Waals surface area contributed by atoms with Crippen molar-refractivity contribution < 1.29 is 27.5 Å². The minimum atomic E-state index is -4.74. The first-order chi connectivity index (χ1) is 17.2. The van der Waals surface area contributed by atoms with Crippen molar-refractivity contribution in [3.63, 3.8) is 0 Å². The van der Waals surface area contributed by atoms with Crippen LogP contribution in [0.5, 0.6) is 5.75 Å². The van der Waals surface area contributed by atoms with Crippen LogP contribution in [0.2, 0.25) is 0 Å². The van der Waals surface area contributed by atoms with E-state index in [1.165, 1.54) is 35.9 Å². The molecule has 1 aromatic carbocycles. The van der Waals surface area contributed by atoms with E-state index in [1.54, 1.807) is 17.2 Å². The summed E-state index contributed by atoms with van der Waals surface area (Å²) >= 11 is 0. The molecule has 2 aromatic rings. The van der Waals surface area contributed by atoms with Gasteiger partial charge in [0.2, 0.25) is 5.91 Å². The zero-order valence-corrected chi connectivity index (χ0v) is 19.4. The molecule has 3 amide bonds. The highest BCUT2D eigenvalue weighted by Gasteiger charge is 2.35. The van der Waals surface area contributed by atoms with E-state index < -0.39 is 6.36 Å². The molecule has 0 spiro atoms. The topological polar surface area (TPSA) is 83.8 Å². The second-order valence-corrected chi connectivity index (χ2v) is 9.03. The van der Waals surface area contributed by atoms with Gasteiger partial charge in [0, 0.05) is 44.7 Å². The third kappa shape index (κ3) is 5.37. The summed E-state index contributed by atoms with van der Waals surface area (Å²) in [7, 11) is 0. The molecule has 3 aliphatic rings. The molecule has 9 nitrogen and oxygen atoms in total. The Labute approximate surface area is 205 Å². The molecule has 1 atom stereocenters. The smallest absolute Gasteiger partial charge is 0.406 e. The van der Waals surface area contributed by atoms with Crippen molar-refractivity contribution in [1.29, 1.82) is 0 Å². The van der Waals surface area contributed by atoms with Gasteiger partial charge in [-0.3, -0.25) is 4.79 Å². The first-order valence-electron chi connectivity index (χ1n) is 11.7. The summed E-state index contributed by atoms with van der Waals surface area (Å²) in [5.41, 5.74) is 2.69. The van der Waals surface area contributed by atoms with Gasteiger partial charge in [0.05, 0.1) is 25.0 Å². The van der Waals surface area contributed by atoms with Gasteiger partial charge in [0.25, 0.3) is 0 Å². The average molecular weight is 502 g/mol. The van der Waals surface area contributed by atoms with Crippen molar-refractivity contribution in [2.75, 3.05) is 32.7 Å². The summed E-state index contributed by atoms with van der Waals surface area (Å²) in [5.74, 6) is -0.268. The molecule has 5 rings (SSSR count). The second-order valence-electron chi connectivity index (χ2n) is 9.03. The molecule has 190 valence electrons. The number of alkyl halides is 3. The standard InChI is InChI=1S/C24H25F3N6O3/c25-24(26,27)36-21-4-1-17(2-5-21)3-6-22(34)30-9-7-18-14-32(15-19(18)8-10-30)23(35)31-11-12-33-20(16-31)13-28-29-33/h1-7,13,19H,8-12,14-16H2/t19-/m1/s1. The van der Waals surface area contributed by atoms with Gasteiger partial charge in [-0.15, -0.1) is 18.3 Å². The molecule has 0 unspecified atom stereocenters. The summed E-state index contributed by atoms with van der Waals surface area (Å²) in [5, 5.41) is 7.91. The highest BCUT2D eigenvalue weighted by Crippen LogP contribution is 2.29. The zero-order valence-electron chi connectivity index (χ0n) is 19.4. The molecule has 0 radical (unpaired) electrons. The Kier molecular flexibility index (Phi) is 6.42. The van der Waals surface area contributed by atoms with Gasteiger partial charge < -0.3 is 19.4 Å². The number of halogens is 3. The first kappa shape index (κ1) is 23.9. The van der Waals surface area contributed by atoms with Crippen LogP contribution in [0.4, 0.5) is 18.0 Å². The van der Waals surface area contributed by atoms with Crippen LogP contribution in [0.25, 0.3) is 6.08 Å². The Morgan fingerprint density at radius 3 is 2.61 bits per heavy atom. The van der Waals surface area contributed by atoms with Crippen molar-refractivity contribution in [2.24, 2.45) is 5.92 Å². The maximum atomic E-state index is 13.1. The quantitative estimate of drug-likeness (QED) is 0.476.